The normalized spacial score (nSPS) is 19.9. The van der Waals surface area contributed by atoms with Crippen LogP contribution in [-0.4, -0.2) is 183 Å². The number of nitrogens with two attached hydrogens (primary N) is 4. The molecule has 0 aromatic heterocycles. The third-order valence-corrected chi connectivity index (χ3v) is 4.45. The van der Waals surface area contributed by atoms with Gasteiger partial charge in [0.05, 0.1) is 37.9 Å². The van der Waals surface area contributed by atoms with Gasteiger partial charge in [0.15, 0.2) is 0 Å². The molecule has 0 radical (unpaired) electrons. The van der Waals surface area contributed by atoms with Crippen molar-refractivity contribution < 1.29 is 85.4 Å². The molecule has 0 aliphatic rings. The zero-order valence-electron chi connectivity index (χ0n) is 21.0. The van der Waals surface area contributed by atoms with E-state index in [-0.39, 0.29) is 18.9 Å². The van der Waals surface area contributed by atoms with E-state index in [1.807, 2.05) is 0 Å². The number of hydrogen-bond donors (Lipinski definition) is 18. The number of aldehydes is 3. The quantitative estimate of drug-likeness (QED) is 0.0598. The molecule has 0 heterocycles. The zero-order chi connectivity index (χ0) is 32.7. The minimum atomic E-state index is -2.12. The number of hydrogen-bond acceptors (Lipinski definition) is 21. The summed E-state index contributed by atoms with van der Waals surface area (Å²) in [7, 11) is -2.12. The number of aliphatic hydroxyl groups excluding tert-OH is 12. The molecule has 0 bridgehead atoms. The fourth-order valence-corrected chi connectivity index (χ4v) is 1.93. The van der Waals surface area contributed by atoms with Gasteiger partial charge in [-0.2, -0.15) is 0 Å². The summed E-state index contributed by atoms with van der Waals surface area (Å²) in [5.41, 5.74) is 19.4. The van der Waals surface area contributed by atoms with Crippen LogP contribution in [0.25, 0.3) is 0 Å². The third kappa shape index (κ3) is 21.5. The van der Waals surface area contributed by atoms with Crippen molar-refractivity contribution in [1.82, 2.24) is 0 Å². The maximum absolute atomic E-state index is 10.0. The highest BCUT2D eigenvalue weighted by molar-refractivity contribution is 7.42. The Morgan fingerprint density at radius 1 is 0.475 bits per heavy atom. The Kier molecular flexibility index (Phi) is 30.4. The molecule has 12 atom stereocenters. The van der Waals surface area contributed by atoms with Crippen molar-refractivity contribution in [2.24, 2.45) is 22.7 Å². The molecule has 22 N–H and O–H groups in total. The minimum Gasteiger partial charge on any atom is -0.394 e. The predicted octanol–water partition coefficient (Wildman–Crippen LogP) is -11.1. The third-order valence-electron chi connectivity index (χ3n) is 4.45. The Morgan fingerprint density at radius 2 is 0.625 bits per heavy atom. The highest BCUT2D eigenvalue weighted by Crippen LogP contribution is 2.05. The molecule has 0 amide bonds. The first-order valence-electron chi connectivity index (χ1n) is 10.9. The van der Waals surface area contributed by atoms with Crippen molar-refractivity contribution in [3.8, 4) is 0 Å². The lowest BCUT2D eigenvalue weighted by atomic mass is 10.0. The maximum atomic E-state index is 10.0. The average molecular weight is 619 g/mol. The van der Waals surface area contributed by atoms with Gasteiger partial charge < -0.3 is 103 Å². The Labute approximate surface area is 229 Å². The molecular formula is C18H43N4O17P. The van der Waals surface area contributed by atoms with E-state index < -0.39 is 101 Å². The van der Waals surface area contributed by atoms with E-state index in [0.717, 1.165) is 0 Å². The molecule has 21 nitrogen and oxygen atoms in total. The number of rotatable bonds is 15. The van der Waals surface area contributed by atoms with E-state index in [1.165, 1.54) is 0 Å². The molecule has 40 heavy (non-hydrogen) atoms. The van der Waals surface area contributed by atoms with Gasteiger partial charge >= 0.3 is 0 Å². The number of carbonyl (C=O) groups is 3. The van der Waals surface area contributed by atoms with E-state index in [9.17, 15) is 14.4 Å². The van der Waals surface area contributed by atoms with E-state index >= 15 is 0 Å². The van der Waals surface area contributed by atoms with Gasteiger partial charge in [-0.3, -0.25) is 5.50 Å². The lowest BCUT2D eigenvalue weighted by Gasteiger charge is -2.23. The monoisotopic (exact) mass is 618 g/mol. The summed E-state index contributed by atoms with van der Waals surface area (Å²) in [6.07, 6.45) is -13.3. The fraction of sp³-hybridized carbons (Fsp3) is 0.833. The molecule has 242 valence electrons. The summed E-state index contributed by atoms with van der Waals surface area (Å²) < 4.78 is 0. The predicted molar refractivity (Wildman–Crippen MR) is 133 cm³/mol. The first-order chi connectivity index (χ1) is 18.4. The molecule has 22 heteroatoms. The van der Waals surface area contributed by atoms with Crippen LogP contribution in [0.2, 0.25) is 0 Å². The van der Waals surface area contributed by atoms with Crippen molar-refractivity contribution >= 4 is 27.4 Å². The standard InChI is InChI=1S/3C6H13NO5.H4NO2P/c3*7-3(1-8)5(11)6(12)4(10)2-9;1-4(2)3/h3*1,3-6,9-12H,2,7H2;2-3H,1H2/t3*3-,4+,5+,6-;/m000./s1. The van der Waals surface area contributed by atoms with Gasteiger partial charge in [-0.05, 0) is 0 Å². The van der Waals surface area contributed by atoms with Crippen molar-refractivity contribution in [2.45, 2.75) is 73.1 Å². The summed E-state index contributed by atoms with van der Waals surface area (Å²) in [5, 5.41) is 106. The lowest BCUT2D eigenvalue weighted by Crippen LogP contribution is -2.49. The number of carbonyl (C=O) groups excluding carboxylic acids is 3. The van der Waals surface area contributed by atoms with E-state index in [4.69, 9.17) is 88.3 Å². The highest BCUT2D eigenvalue weighted by Gasteiger charge is 2.30. The fourth-order valence-electron chi connectivity index (χ4n) is 1.93. The molecule has 0 aromatic rings. The molecule has 0 aliphatic heterocycles. The van der Waals surface area contributed by atoms with Crippen LogP contribution in [0.4, 0.5) is 0 Å². The van der Waals surface area contributed by atoms with E-state index in [1.54, 1.807) is 0 Å². The van der Waals surface area contributed by atoms with Crippen LogP contribution in [0.1, 0.15) is 0 Å². The second-order valence-corrected chi connectivity index (χ2v) is 8.29. The number of aliphatic hydroxyl groups is 12. The maximum Gasteiger partial charge on any atom is 0.247 e. The van der Waals surface area contributed by atoms with Gasteiger partial charge in [-0.15, -0.1) is 0 Å². The van der Waals surface area contributed by atoms with Gasteiger partial charge in [0, 0.05) is 0 Å². The summed E-state index contributed by atoms with van der Waals surface area (Å²) in [6.45, 7) is -2.11. The summed E-state index contributed by atoms with van der Waals surface area (Å²) >= 11 is 0. The second-order valence-electron chi connectivity index (χ2n) is 7.65. The van der Waals surface area contributed by atoms with Gasteiger partial charge in [0.1, 0.15) is 73.8 Å². The Morgan fingerprint density at radius 3 is 0.725 bits per heavy atom. The molecule has 0 rings (SSSR count). The van der Waals surface area contributed by atoms with Crippen molar-refractivity contribution in [3.05, 3.63) is 0 Å². The SMILES string of the molecule is NP(O)O.N[C@@H](C=O)[C@@H](O)[C@@H](O)[C@H](O)CO.N[C@@H](C=O)[C@@H](O)[C@@H](O)[C@H](O)CO.N[C@@H](C=O)[C@@H](O)[C@@H](O)[C@H](O)CO. The van der Waals surface area contributed by atoms with Crippen LogP contribution >= 0.6 is 8.53 Å². The smallest absolute Gasteiger partial charge is 0.247 e. The second kappa shape index (κ2) is 26.6. The Balaban J connectivity index is -0.000000227. The summed E-state index contributed by atoms with van der Waals surface area (Å²) in [5.74, 6) is 0. The Hall–Kier alpha value is -1.28. The summed E-state index contributed by atoms with van der Waals surface area (Å²) in [6, 6.07) is -3.79. The van der Waals surface area contributed by atoms with Gasteiger partial charge in [0.25, 0.3) is 0 Å². The van der Waals surface area contributed by atoms with Crippen molar-refractivity contribution in [1.29, 1.82) is 0 Å². The van der Waals surface area contributed by atoms with Crippen LogP contribution in [0, 0.1) is 0 Å². The van der Waals surface area contributed by atoms with Gasteiger partial charge in [-0.1, -0.05) is 0 Å². The van der Waals surface area contributed by atoms with Crippen LogP contribution < -0.4 is 22.7 Å². The Bertz CT molecular complexity index is 552. The first-order valence-corrected chi connectivity index (χ1v) is 12.2. The largest absolute Gasteiger partial charge is 0.394 e. The van der Waals surface area contributed by atoms with E-state index in [0.29, 0.717) is 0 Å². The van der Waals surface area contributed by atoms with Crippen molar-refractivity contribution in [2.75, 3.05) is 19.8 Å². The molecule has 0 spiro atoms. The van der Waals surface area contributed by atoms with Crippen molar-refractivity contribution in [3.63, 3.8) is 0 Å². The molecule has 0 saturated carbocycles. The first kappa shape index (κ1) is 45.7. The lowest BCUT2D eigenvalue weighted by molar-refractivity contribution is -0.118. The van der Waals surface area contributed by atoms with Gasteiger partial charge in [0.2, 0.25) is 8.53 Å². The topological polar surface area (TPSA) is 439 Å². The molecule has 0 saturated heterocycles. The van der Waals surface area contributed by atoms with Crippen LogP contribution in [0.5, 0.6) is 0 Å². The van der Waals surface area contributed by atoms with Crippen LogP contribution in [0.15, 0.2) is 0 Å². The van der Waals surface area contributed by atoms with Gasteiger partial charge in [-0.25, -0.2) is 0 Å². The van der Waals surface area contributed by atoms with Crippen LogP contribution in [0.3, 0.4) is 0 Å². The molecule has 0 fully saturated rings. The zero-order valence-corrected chi connectivity index (χ0v) is 21.9. The molecule has 0 aromatic carbocycles. The summed E-state index contributed by atoms with van der Waals surface area (Å²) in [4.78, 5) is 45.0. The molecule has 0 unspecified atom stereocenters. The molecule has 0 aliphatic carbocycles. The highest BCUT2D eigenvalue weighted by atomic mass is 31.2. The minimum absolute atomic E-state index is 0.248. The van der Waals surface area contributed by atoms with E-state index in [2.05, 4.69) is 5.50 Å². The van der Waals surface area contributed by atoms with Crippen LogP contribution in [-0.2, 0) is 14.4 Å². The average Bonchev–Trinajstić information content (AvgIpc) is 2.96. The molecular weight excluding hydrogens is 575 g/mol.